The Hall–Kier alpha value is -2.89. The monoisotopic (exact) mass is 396 g/mol. The summed E-state index contributed by atoms with van der Waals surface area (Å²) in [5.74, 6) is -0.801. The number of halogens is 1. The molecule has 0 aliphatic rings. The number of nitrogens with one attached hydrogen (secondary N) is 2. The fraction of sp³-hybridized carbons (Fsp3) is 0.0476. The lowest BCUT2D eigenvalue weighted by atomic mass is 9.90. The van der Waals surface area contributed by atoms with Gasteiger partial charge in [0.25, 0.3) is 0 Å². The Bertz CT molecular complexity index is 909. The normalized spacial score (nSPS) is 10.4. The van der Waals surface area contributed by atoms with E-state index in [0.717, 1.165) is 11.1 Å². The van der Waals surface area contributed by atoms with Crippen LogP contribution in [-0.4, -0.2) is 16.1 Å². The Labute approximate surface area is 167 Å². The molecule has 0 spiro atoms. The lowest BCUT2D eigenvalue weighted by Crippen LogP contribution is -2.37. The van der Waals surface area contributed by atoms with E-state index >= 15 is 0 Å². The Morgan fingerprint density at radius 1 is 0.926 bits per heavy atom. The third kappa shape index (κ3) is 4.84. The standard InChI is InChI=1S/C21H17ClN2O2S/c22-16-11-12-18(25)17(13-16)23-21(27)24-20(26)19(14-7-3-1-4-8-14)15-9-5-2-6-10-15/h1-13,19,25H,(H2,23,24,26,27). The Morgan fingerprint density at radius 2 is 1.48 bits per heavy atom. The number of amides is 1. The maximum atomic E-state index is 13.0. The van der Waals surface area contributed by atoms with Crippen molar-refractivity contribution in [2.75, 3.05) is 5.32 Å². The number of anilines is 1. The predicted molar refractivity (Wildman–Crippen MR) is 112 cm³/mol. The molecular formula is C21H17ClN2O2S. The zero-order chi connectivity index (χ0) is 19.2. The van der Waals surface area contributed by atoms with Crippen LogP contribution < -0.4 is 10.6 Å². The molecule has 3 aromatic carbocycles. The van der Waals surface area contributed by atoms with Crippen molar-refractivity contribution in [3.63, 3.8) is 0 Å². The van der Waals surface area contributed by atoms with Gasteiger partial charge in [-0.05, 0) is 41.5 Å². The highest BCUT2D eigenvalue weighted by atomic mass is 35.5. The molecule has 0 bridgehead atoms. The van der Waals surface area contributed by atoms with Crippen LogP contribution in [-0.2, 0) is 4.79 Å². The van der Waals surface area contributed by atoms with E-state index < -0.39 is 5.92 Å². The molecule has 0 radical (unpaired) electrons. The molecule has 0 saturated heterocycles. The van der Waals surface area contributed by atoms with Gasteiger partial charge in [0.05, 0.1) is 11.6 Å². The van der Waals surface area contributed by atoms with Gasteiger partial charge in [0.2, 0.25) is 5.91 Å². The van der Waals surface area contributed by atoms with E-state index in [-0.39, 0.29) is 16.8 Å². The molecular weight excluding hydrogens is 380 g/mol. The molecule has 27 heavy (non-hydrogen) atoms. The lowest BCUT2D eigenvalue weighted by molar-refractivity contribution is -0.120. The second-order valence-corrected chi connectivity index (χ2v) is 6.70. The molecule has 3 N–H and O–H groups in total. The predicted octanol–water partition coefficient (Wildman–Crippen LogP) is 4.69. The Kier molecular flexibility index (Phi) is 6.06. The summed E-state index contributed by atoms with van der Waals surface area (Å²) in [6, 6.07) is 23.5. The molecule has 0 saturated carbocycles. The van der Waals surface area contributed by atoms with Crippen molar-refractivity contribution in [3.8, 4) is 5.75 Å². The zero-order valence-electron chi connectivity index (χ0n) is 14.2. The van der Waals surface area contributed by atoms with Gasteiger partial charge in [0.1, 0.15) is 5.75 Å². The van der Waals surface area contributed by atoms with Crippen LogP contribution in [0.5, 0.6) is 5.75 Å². The quantitative estimate of drug-likeness (QED) is 0.442. The van der Waals surface area contributed by atoms with Gasteiger partial charge >= 0.3 is 0 Å². The molecule has 6 heteroatoms. The molecule has 3 rings (SSSR count). The van der Waals surface area contributed by atoms with Crippen molar-refractivity contribution >= 4 is 40.5 Å². The van der Waals surface area contributed by atoms with Gasteiger partial charge in [-0.2, -0.15) is 0 Å². The summed E-state index contributed by atoms with van der Waals surface area (Å²) in [6.07, 6.45) is 0. The van der Waals surface area contributed by atoms with E-state index in [1.54, 1.807) is 6.07 Å². The minimum absolute atomic E-state index is 0.0151. The number of carbonyl (C=O) groups is 1. The molecule has 0 aromatic heterocycles. The van der Waals surface area contributed by atoms with E-state index in [4.69, 9.17) is 23.8 Å². The van der Waals surface area contributed by atoms with Gasteiger partial charge in [0, 0.05) is 5.02 Å². The molecule has 1 amide bonds. The number of rotatable bonds is 4. The fourth-order valence-electron chi connectivity index (χ4n) is 2.73. The topological polar surface area (TPSA) is 61.4 Å². The summed E-state index contributed by atoms with van der Waals surface area (Å²) in [5, 5.41) is 15.9. The van der Waals surface area contributed by atoms with Crippen molar-refractivity contribution in [2.45, 2.75) is 5.92 Å². The molecule has 0 aliphatic heterocycles. The highest BCUT2D eigenvalue weighted by molar-refractivity contribution is 7.80. The average molecular weight is 397 g/mol. The van der Waals surface area contributed by atoms with Crippen molar-refractivity contribution in [1.82, 2.24) is 5.32 Å². The number of phenols is 1. The number of hydrogen-bond donors (Lipinski definition) is 3. The largest absolute Gasteiger partial charge is 0.506 e. The third-order valence-electron chi connectivity index (χ3n) is 3.97. The van der Waals surface area contributed by atoms with Gasteiger partial charge in [0.15, 0.2) is 5.11 Å². The number of phenolic OH excluding ortho intramolecular Hbond substituents is 1. The molecule has 0 heterocycles. The SMILES string of the molecule is O=C(NC(=S)Nc1cc(Cl)ccc1O)C(c1ccccc1)c1ccccc1. The first-order valence-corrected chi connectivity index (χ1v) is 9.03. The minimum Gasteiger partial charge on any atom is -0.506 e. The fourth-order valence-corrected chi connectivity index (χ4v) is 3.11. The molecule has 0 fully saturated rings. The molecule has 3 aromatic rings. The summed E-state index contributed by atoms with van der Waals surface area (Å²) < 4.78 is 0. The van der Waals surface area contributed by atoms with Gasteiger partial charge in [-0.25, -0.2) is 0 Å². The average Bonchev–Trinajstić information content (AvgIpc) is 2.66. The maximum absolute atomic E-state index is 13.0. The van der Waals surface area contributed by atoms with Crippen LogP contribution >= 0.6 is 23.8 Å². The third-order valence-corrected chi connectivity index (χ3v) is 4.41. The van der Waals surface area contributed by atoms with Gasteiger partial charge in [-0.1, -0.05) is 72.3 Å². The first-order valence-electron chi connectivity index (χ1n) is 8.25. The number of benzene rings is 3. The Morgan fingerprint density at radius 3 is 2.04 bits per heavy atom. The lowest BCUT2D eigenvalue weighted by Gasteiger charge is -2.19. The number of hydrogen-bond acceptors (Lipinski definition) is 3. The summed E-state index contributed by atoms with van der Waals surface area (Å²) in [5.41, 5.74) is 2.04. The van der Waals surface area contributed by atoms with Crippen LogP contribution in [0.3, 0.4) is 0 Å². The zero-order valence-corrected chi connectivity index (χ0v) is 15.8. The molecule has 4 nitrogen and oxygen atoms in total. The van der Waals surface area contributed by atoms with E-state index in [1.165, 1.54) is 12.1 Å². The molecule has 136 valence electrons. The van der Waals surface area contributed by atoms with Crippen molar-refractivity contribution < 1.29 is 9.90 Å². The first kappa shape index (κ1) is 18.9. The summed E-state index contributed by atoms with van der Waals surface area (Å²) in [4.78, 5) is 13.0. The van der Waals surface area contributed by atoms with Crippen molar-refractivity contribution in [1.29, 1.82) is 0 Å². The van der Waals surface area contributed by atoms with Crippen LogP contribution in [0.1, 0.15) is 17.0 Å². The van der Waals surface area contributed by atoms with E-state index in [9.17, 15) is 9.90 Å². The van der Waals surface area contributed by atoms with Crippen LogP contribution in [0.25, 0.3) is 0 Å². The maximum Gasteiger partial charge on any atom is 0.238 e. The summed E-state index contributed by atoms with van der Waals surface area (Å²) in [7, 11) is 0. The van der Waals surface area contributed by atoms with Gasteiger partial charge < -0.3 is 15.7 Å². The van der Waals surface area contributed by atoms with E-state index in [1.807, 2.05) is 60.7 Å². The molecule has 0 unspecified atom stereocenters. The highest BCUT2D eigenvalue weighted by Gasteiger charge is 2.23. The Balaban J connectivity index is 1.80. The number of thiocarbonyl (C=S) groups is 1. The number of aromatic hydroxyl groups is 1. The van der Waals surface area contributed by atoms with Crippen molar-refractivity contribution in [2.24, 2.45) is 0 Å². The summed E-state index contributed by atoms with van der Waals surface area (Å²) in [6.45, 7) is 0. The van der Waals surface area contributed by atoms with Crippen LogP contribution in [0.15, 0.2) is 78.9 Å². The molecule has 0 aliphatic carbocycles. The van der Waals surface area contributed by atoms with Gasteiger partial charge in [-0.15, -0.1) is 0 Å². The van der Waals surface area contributed by atoms with Crippen LogP contribution in [0.2, 0.25) is 5.02 Å². The first-order chi connectivity index (χ1) is 13.0. The smallest absolute Gasteiger partial charge is 0.238 e. The van der Waals surface area contributed by atoms with E-state index in [0.29, 0.717) is 10.7 Å². The highest BCUT2D eigenvalue weighted by Crippen LogP contribution is 2.27. The van der Waals surface area contributed by atoms with E-state index in [2.05, 4.69) is 10.6 Å². The van der Waals surface area contributed by atoms with Gasteiger partial charge in [-0.3, -0.25) is 4.79 Å². The van der Waals surface area contributed by atoms with Crippen LogP contribution in [0.4, 0.5) is 5.69 Å². The van der Waals surface area contributed by atoms with Crippen molar-refractivity contribution in [3.05, 3.63) is 95.0 Å². The second-order valence-electron chi connectivity index (χ2n) is 5.86. The van der Waals surface area contributed by atoms with Crippen LogP contribution in [0, 0.1) is 0 Å². The second kappa shape index (κ2) is 8.66. The molecule has 0 atom stereocenters. The number of carbonyl (C=O) groups excluding carboxylic acids is 1. The summed E-state index contributed by atoms with van der Waals surface area (Å²) >= 11 is 11.2. The minimum atomic E-state index is -0.514.